The van der Waals surface area contributed by atoms with E-state index in [4.69, 9.17) is 0 Å². The van der Waals surface area contributed by atoms with Gasteiger partial charge in [-0.25, -0.2) is 4.98 Å². The second-order valence-electron chi connectivity index (χ2n) is 4.97. The van der Waals surface area contributed by atoms with Gasteiger partial charge in [0.05, 0.1) is 6.20 Å². The number of hydrogen-bond acceptors (Lipinski definition) is 3. The van der Waals surface area contributed by atoms with Gasteiger partial charge >= 0.3 is 0 Å². The van der Waals surface area contributed by atoms with Crippen molar-refractivity contribution in [2.45, 2.75) is 6.92 Å². The highest BCUT2D eigenvalue weighted by atomic mass is 32.1. The van der Waals surface area contributed by atoms with Crippen LogP contribution in [0.1, 0.15) is 25.8 Å². The van der Waals surface area contributed by atoms with Gasteiger partial charge in [-0.05, 0) is 42.7 Å². The Kier molecular flexibility index (Phi) is 4.51. The minimum absolute atomic E-state index is 0.166. The third-order valence-electron chi connectivity index (χ3n) is 3.09. The van der Waals surface area contributed by atoms with Crippen molar-refractivity contribution in [2.75, 3.05) is 5.32 Å². The molecular formula is C19H14N2OS. The van der Waals surface area contributed by atoms with Crippen LogP contribution >= 0.6 is 11.3 Å². The van der Waals surface area contributed by atoms with Crippen LogP contribution in [0.2, 0.25) is 0 Å². The number of nitrogens with one attached hydrogen (secondary N) is 1. The molecule has 2 aromatic carbocycles. The largest absolute Gasteiger partial charge is 0.321 e. The fourth-order valence-corrected chi connectivity index (χ4v) is 2.66. The Morgan fingerprint density at radius 2 is 1.91 bits per heavy atom. The zero-order chi connectivity index (χ0) is 16.1. The molecule has 0 atom stereocenters. The number of carbonyl (C=O) groups excluding carboxylic acids is 1. The molecule has 3 nitrogen and oxygen atoms in total. The molecule has 0 bridgehead atoms. The van der Waals surface area contributed by atoms with Crippen molar-refractivity contribution in [1.82, 2.24) is 4.98 Å². The van der Waals surface area contributed by atoms with E-state index >= 15 is 0 Å². The lowest BCUT2D eigenvalue weighted by atomic mass is 10.2. The van der Waals surface area contributed by atoms with Gasteiger partial charge in [-0.15, -0.1) is 11.3 Å². The second-order valence-corrected chi connectivity index (χ2v) is 6.00. The molecule has 23 heavy (non-hydrogen) atoms. The standard InChI is InChI=1S/C19H14N2OS/c1-14-6-5-9-16(12-14)21-19(22)17-13-20-18(23-17)11-10-15-7-3-2-4-8-15/h2-9,12-13H,1H3,(H,21,22). The van der Waals surface area contributed by atoms with Crippen molar-refractivity contribution in [3.05, 3.63) is 81.8 Å². The maximum atomic E-state index is 12.2. The quantitative estimate of drug-likeness (QED) is 0.723. The minimum atomic E-state index is -0.166. The minimum Gasteiger partial charge on any atom is -0.321 e. The summed E-state index contributed by atoms with van der Waals surface area (Å²) >= 11 is 1.29. The number of thiazole rings is 1. The Hall–Kier alpha value is -2.90. The Labute approximate surface area is 139 Å². The Morgan fingerprint density at radius 3 is 2.70 bits per heavy atom. The second kappa shape index (κ2) is 6.91. The van der Waals surface area contributed by atoms with E-state index in [1.54, 1.807) is 6.20 Å². The lowest BCUT2D eigenvalue weighted by Crippen LogP contribution is -2.10. The highest BCUT2D eigenvalue weighted by Gasteiger charge is 2.10. The van der Waals surface area contributed by atoms with Gasteiger partial charge in [-0.3, -0.25) is 4.79 Å². The summed E-state index contributed by atoms with van der Waals surface area (Å²) in [5.41, 5.74) is 2.80. The van der Waals surface area contributed by atoms with Crippen molar-refractivity contribution >= 4 is 22.9 Å². The summed E-state index contributed by atoms with van der Waals surface area (Å²) < 4.78 is 0. The molecule has 0 aliphatic rings. The molecule has 0 saturated heterocycles. The summed E-state index contributed by atoms with van der Waals surface area (Å²) in [6.45, 7) is 1.99. The number of hydrogen-bond donors (Lipinski definition) is 1. The van der Waals surface area contributed by atoms with Gasteiger partial charge in [0.1, 0.15) is 4.88 Å². The maximum absolute atomic E-state index is 12.2. The van der Waals surface area contributed by atoms with E-state index < -0.39 is 0 Å². The summed E-state index contributed by atoms with van der Waals surface area (Å²) in [5, 5.41) is 3.50. The Bertz CT molecular complexity index is 888. The van der Waals surface area contributed by atoms with Crippen molar-refractivity contribution < 1.29 is 4.79 Å². The van der Waals surface area contributed by atoms with Crippen molar-refractivity contribution in [3.8, 4) is 11.8 Å². The number of amides is 1. The summed E-state index contributed by atoms with van der Waals surface area (Å²) in [6.07, 6.45) is 1.56. The first-order valence-corrected chi connectivity index (χ1v) is 7.93. The SMILES string of the molecule is Cc1cccc(NC(=O)c2cnc(C#Cc3ccccc3)s2)c1. The molecule has 0 spiro atoms. The zero-order valence-electron chi connectivity index (χ0n) is 12.5. The molecule has 0 unspecified atom stereocenters. The van der Waals surface area contributed by atoms with Gasteiger partial charge in [0.15, 0.2) is 5.01 Å². The van der Waals surface area contributed by atoms with Crippen LogP contribution in [0.4, 0.5) is 5.69 Å². The molecule has 3 rings (SSSR count). The van der Waals surface area contributed by atoms with Crippen molar-refractivity contribution in [2.24, 2.45) is 0 Å². The van der Waals surface area contributed by atoms with Crippen LogP contribution in [0.5, 0.6) is 0 Å². The normalized spacial score (nSPS) is 9.78. The van der Waals surface area contributed by atoms with Crippen LogP contribution in [0.25, 0.3) is 0 Å². The molecule has 0 aliphatic heterocycles. The first-order chi connectivity index (χ1) is 11.2. The summed E-state index contributed by atoms with van der Waals surface area (Å²) in [4.78, 5) is 17.0. The number of aryl methyl sites for hydroxylation is 1. The van der Waals surface area contributed by atoms with Crippen LogP contribution in [0.15, 0.2) is 60.8 Å². The average molecular weight is 318 g/mol. The molecule has 1 amide bonds. The molecule has 1 N–H and O–H groups in total. The number of nitrogens with zero attached hydrogens (tertiary/aromatic N) is 1. The lowest BCUT2D eigenvalue weighted by Gasteiger charge is -2.03. The first kappa shape index (κ1) is 15.0. The van der Waals surface area contributed by atoms with Crippen LogP contribution in [0.3, 0.4) is 0 Å². The van der Waals surface area contributed by atoms with Crippen LogP contribution in [-0.2, 0) is 0 Å². The van der Waals surface area contributed by atoms with Gasteiger partial charge in [-0.1, -0.05) is 36.3 Å². The molecular weight excluding hydrogens is 304 g/mol. The van der Waals surface area contributed by atoms with Crippen LogP contribution in [-0.4, -0.2) is 10.9 Å². The van der Waals surface area contributed by atoms with Crippen LogP contribution < -0.4 is 5.32 Å². The van der Waals surface area contributed by atoms with E-state index in [-0.39, 0.29) is 5.91 Å². The number of carbonyl (C=O) groups is 1. The van der Waals surface area contributed by atoms with Gasteiger partial charge in [-0.2, -0.15) is 0 Å². The lowest BCUT2D eigenvalue weighted by molar-refractivity contribution is 0.103. The molecule has 0 radical (unpaired) electrons. The van der Waals surface area contributed by atoms with Crippen molar-refractivity contribution in [1.29, 1.82) is 0 Å². The summed E-state index contributed by atoms with van der Waals surface area (Å²) in [7, 11) is 0. The molecule has 0 saturated carbocycles. The van der Waals surface area contributed by atoms with E-state index in [0.29, 0.717) is 9.88 Å². The van der Waals surface area contributed by atoms with Gasteiger partial charge in [0.25, 0.3) is 5.91 Å². The van der Waals surface area contributed by atoms with E-state index in [1.165, 1.54) is 11.3 Å². The van der Waals surface area contributed by atoms with Gasteiger partial charge < -0.3 is 5.32 Å². The number of anilines is 1. The maximum Gasteiger partial charge on any atom is 0.267 e. The fourth-order valence-electron chi connectivity index (χ4n) is 2.00. The van der Waals surface area contributed by atoms with E-state index in [1.807, 2.05) is 61.5 Å². The molecule has 1 aromatic heterocycles. The molecule has 3 aromatic rings. The average Bonchev–Trinajstić information content (AvgIpc) is 3.03. The third kappa shape index (κ3) is 4.06. The first-order valence-electron chi connectivity index (χ1n) is 7.11. The van der Waals surface area contributed by atoms with Gasteiger partial charge in [0.2, 0.25) is 0 Å². The topological polar surface area (TPSA) is 42.0 Å². The Morgan fingerprint density at radius 1 is 1.09 bits per heavy atom. The number of benzene rings is 2. The highest BCUT2D eigenvalue weighted by molar-refractivity contribution is 7.14. The van der Waals surface area contributed by atoms with Crippen molar-refractivity contribution in [3.63, 3.8) is 0 Å². The predicted molar refractivity (Wildman–Crippen MR) is 93.7 cm³/mol. The molecule has 1 heterocycles. The number of rotatable bonds is 2. The highest BCUT2D eigenvalue weighted by Crippen LogP contribution is 2.16. The Balaban J connectivity index is 1.72. The predicted octanol–water partition coefficient (Wildman–Crippen LogP) is 4.10. The van der Waals surface area contributed by atoms with Crippen LogP contribution in [0, 0.1) is 18.8 Å². The molecule has 4 heteroatoms. The third-order valence-corrected chi connectivity index (χ3v) is 4.00. The zero-order valence-corrected chi connectivity index (χ0v) is 13.4. The monoisotopic (exact) mass is 318 g/mol. The van der Waals surface area contributed by atoms with E-state index in [0.717, 1.165) is 16.8 Å². The summed E-state index contributed by atoms with van der Waals surface area (Å²) in [6, 6.07) is 17.4. The van der Waals surface area contributed by atoms with E-state index in [2.05, 4.69) is 22.1 Å². The number of aromatic nitrogens is 1. The van der Waals surface area contributed by atoms with E-state index in [9.17, 15) is 4.79 Å². The fraction of sp³-hybridized carbons (Fsp3) is 0.0526. The molecule has 0 aliphatic carbocycles. The molecule has 112 valence electrons. The molecule has 0 fully saturated rings. The summed E-state index contributed by atoms with van der Waals surface area (Å²) in [5.74, 6) is 5.86. The van der Waals surface area contributed by atoms with Gasteiger partial charge in [0, 0.05) is 11.3 Å². The smallest absolute Gasteiger partial charge is 0.267 e.